The number of aliphatic carboxylic acids is 1. The number of rotatable bonds is 7. The molecule has 1 rings (SSSR count). The summed E-state index contributed by atoms with van der Waals surface area (Å²) in [4.78, 5) is 25.0. The van der Waals surface area contributed by atoms with Crippen molar-refractivity contribution < 1.29 is 14.7 Å². The molecule has 2 unspecified atom stereocenters. The van der Waals surface area contributed by atoms with Gasteiger partial charge in [-0.2, -0.15) is 0 Å². The van der Waals surface area contributed by atoms with E-state index in [-0.39, 0.29) is 5.91 Å². The Hall–Kier alpha value is -1.88. The van der Waals surface area contributed by atoms with E-state index >= 15 is 0 Å². The second-order valence-corrected chi connectivity index (χ2v) is 4.92. The second-order valence-electron chi connectivity index (χ2n) is 4.92. The van der Waals surface area contributed by atoms with Crippen LogP contribution in [0, 0.1) is 0 Å². The number of carbonyl (C=O) groups excluding carboxylic acids is 1. The molecule has 0 saturated carbocycles. The molecule has 0 aliphatic heterocycles. The molecule has 2 atom stereocenters. The predicted octanol–water partition coefficient (Wildman–Crippen LogP) is 1.66. The van der Waals surface area contributed by atoms with Gasteiger partial charge in [0.2, 0.25) is 5.91 Å². The lowest BCUT2D eigenvalue weighted by atomic mass is 10.0. The van der Waals surface area contributed by atoms with Crippen LogP contribution in [0.3, 0.4) is 0 Å². The second kappa shape index (κ2) is 7.65. The van der Waals surface area contributed by atoms with E-state index in [1.165, 1.54) is 4.90 Å². The number of amides is 1. The monoisotopic (exact) mass is 278 g/mol. The van der Waals surface area contributed by atoms with Crippen molar-refractivity contribution >= 4 is 11.9 Å². The van der Waals surface area contributed by atoms with Crippen LogP contribution < -0.4 is 5.32 Å². The topological polar surface area (TPSA) is 69.6 Å². The highest BCUT2D eigenvalue weighted by molar-refractivity contribution is 5.84. The Bertz CT molecular complexity index is 446. The first-order valence-electron chi connectivity index (χ1n) is 6.72. The molecule has 1 aromatic carbocycles. The smallest absolute Gasteiger partial charge is 0.320 e. The summed E-state index contributed by atoms with van der Waals surface area (Å²) in [5.74, 6) is -1.09. The van der Waals surface area contributed by atoms with E-state index in [0.717, 1.165) is 12.0 Å². The van der Waals surface area contributed by atoms with Crippen molar-refractivity contribution in [3.8, 4) is 0 Å². The SMILES string of the molecule is CCCC(NC(C(=O)N(C)C)c1ccccc1)C(=O)O. The van der Waals surface area contributed by atoms with Gasteiger partial charge in [0, 0.05) is 14.1 Å². The Morgan fingerprint density at radius 3 is 2.30 bits per heavy atom. The summed E-state index contributed by atoms with van der Waals surface area (Å²) >= 11 is 0. The van der Waals surface area contributed by atoms with Gasteiger partial charge in [-0.25, -0.2) is 0 Å². The van der Waals surface area contributed by atoms with Gasteiger partial charge in [-0.15, -0.1) is 0 Å². The third kappa shape index (κ3) is 4.35. The Labute approximate surface area is 119 Å². The average molecular weight is 278 g/mol. The molecular weight excluding hydrogens is 256 g/mol. The molecule has 0 aromatic heterocycles. The molecule has 0 aliphatic carbocycles. The summed E-state index contributed by atoms with van der Waals surface area (Å²) in [5.41, 5.74) is 0.772. The lowest BCUT2D eigenvalue weighted by Crippen LogP contribution is -2.45. The number of carboxylic acids is 1. The largest absolute Gasteiger partial charge is 0.480 e. The molecule has 0 bridgehead atoms. The van der Waals surface area contributed by atoms with E-state index in [0.29, 0.717) is 6.42 Å². The first-order valence-corrected chi connectivity index (χ1v) is 6.72. The first-order chi connectivity index (χ1) is 9.47. The van der Waals surface area contributed by atoms with E-state index in [1.54, 1.807) is 14.1 Å². The number of benzene rings is 1. The minimum absolute atomic E-state index is 0.154. The van der Waals surface area contributed by atoms with Gasteiger partial charge in [-0.3, -0.25) is 14.9 Å². The zero-order valence-corrected chi connectivity index (χ0v) is 12.2. The first kappa shape index (κ1) is 16.2. The van der Waals surface area contributed by atoms with Crippen LogP contribution in [0.1, 0.15) is 31.4 Å². The molecule has 0 saturated heterocycles. The fourth-order valence-corrected chi connectivity index (χ4v) is 1.98. The molecule has 0 fully saturated rings. The standard InChI is InChI=1S/C15H22N2O3/c1-4-8-12(15(19)20)16-13(14(18)17(2)3)11-9-6-5-7-10-11/h5-7,9-10,12-13,16H,4,8H2,1-3H3,(H,19,20). The fraction of sp³-hybridized carbons (Fsp3) is 0.467. The minimum Gasteiger partial charge on any atom is -0.480 e. The molecule has 20 heavy (non-hydrogen) atoms. The average Bonchev–Trinajstić information content (AvgIpc) is 2.43. The van der Waals surface area contributed by atoms with Gasteiger partial charge in [0.15, 0.2) is 0 Å². The summed E-state index contributed by atoms with van der Waals surface area (Å²) < 4.78 is 0. The molecular formula is C15H22N2O3. The summed E-state index contributed by atoms with van der Waals surface area (Å²) in [6.45, 7) is 1.92. The van der Waals surface area contributed by atoms with Crippen molar-refractivity contribution in [2.45, 2.75) is 31.8 Å². The third-order valence-corrected chi connectivity index (χ3v) is 3.06. The quantitative estimate of drug-likeness (QED) is 0.796. The van der Waals surface area contributed by atoms with Crippen molar-refractivity contribution in [1.82, 2.24) is 10.2 Å². The van der Waals surface area contributed by atoms with E-state index in [4.69, 9.17) is 0 Å². The zero-order valence-electron chi connectivity index (χ0n) is 12.2. The zero-order chi connectivity index (χ0) is 15.1. The van der Waals surface area contributed by atoms with E-state index in [1.807, 2.05) is 37.3 Å². The maximum atomic E-state index is 12.3. The van der Waals surface area contributed by atoms with Gasteiger partial charge in [-0.05, 0) is 12.0 Å². The lowest BCUT2D eigenvalue weighted by molar-refractivity contribution is -0.140. The number of carbonyl (C=O) groups is 2. The Morgan fingerprint density at radius 1 is 1.25 bits per heavy atom. The molecule has 5 nitrogen and oxygen atoms in total. The van der Waals surface area contributed by atoms with Crippen molar-refractivity contribution in [2.75, 3.05) is 14.1 Å². The molecule has 1 amide bonds. The van der Waals surface area contributed by atoms with Gasteiger partial charge >= 0.3 is 5.97 Å². The maximum Gasteiger partial charge on any atom is 0.320 e. The van der Waals surface area contributed by atoms with Crippen LogP contribution in [0.4, 0.5) is 0 Å². The van der Waals surface area contributed by atoms with Crippen LogP contribution in [0.25, 0.3) is 0 Å². The van der Waals surface area contributed by atoms with Crippen molar-refractivity contribution in [3.05, 3.63) is 35.9 Å². The van der Waals surface area contributed by atoms with Gasteiger partial charge in [0.25, 0.3) is 0 Å². The van der Waals surface area contributed by atoms with Gasteiger partial charge in [0.1, 0.15) is 12.1 Å². The molecule has 1 aromatic rings. The van der Waals surface area contributed by atoms with Crippen LogP contribution in [0.5, 0.6) is 0 Å². The number of carboxylic acid groups (broad SMARTS) is 1. The van der Waals surface area contributed by atoms with Crippen molar-refractivity contribution in [3.63, 3.8) is 0 Å². The number of nitrogens with zero attached hydrogens (tertiary/aromatic N) is 1. The number of nitrogens with one attached hydrogen (secondary N) is 1. The number of hydrogen-bond donors (Lipinski definition) is 2. The summed E-state index contributed by atoms with van der Waals surface area (Å²) in [6.07, 6.45) is 1.22. The minimum atomic E-state index is -0.931. The van der Waals surface area contributed by atoms with Gasteiger partial charge in [-0.1, -0.05) is 43.7 Å². The van der Waals surface area contributed by atoms with Gasteiger partial charge < -0.3 is 10.0 Å². The highest BCUT2D eigenvalue weighted by Gasteiger charge is 2.27. The van der Waals surface area contributed by atoms with Crippen molar-refractivity contribution in [1.29, 1.82) is 0 Å². The number of hydrogen-bond acceptors (Lipinski definition) is 3. The Morgan fingerprint density at radius 2 is 1.85 bits per heavy atom. The van der Waals surface area contributed by atoms with E-state index in [9.17, 15) is 14.7 Å². The lowest BCUT2D eigenvalue weighted by Gasteiger charge is -2.25. The van der Waals surface area contributed by atoms with E-state index in [2.05, 4.69) is 5.32 Å². The molecule has 0 heterocycles. The van der Waals surface area contributed by atoms with Crippen LogP contribution in [0.2, 0.25) is 0 Å². The van der Waals surface area contributed by atoms with Crippen molar-refractivity contribution in [2.24, 2.45) is 0 Å². The normalized spacial score (nSPS) is 13.6. The van der Waals surface area contributed by atoms with Crippen LogP contribution in [-0.4, -0.2) is 42.0 Å². The molecule has 110 valence electrons. The molecule has 2 N–H and O–H groups in total. The fourth-order valence-electron chi connectivity index (χ4n) is 1.98. The maximum absolute atomic E-state index is 12.3. The highest BCUT2D eigenvalue weighted by atomic mass is 16.4. The summed E-state index contributed by atoms with van der Waals surface area (Å²) in [5, 5.41) is 12.2. The summed E-state index contributed by atoms with van der Waals surface area (Å²) in [6, 6.07) is 7.81. The Kier molecular flexibility index (Phi) is 6.18. The highest BCUT2D eigenvalue weighted by Crippen LogP contribution is 2.16. The van der Waals surface area contributed by atoms with Crippen LogP contribution >= 0.6 is 0 Å². The third-order valence-electron chi connectivity index (χ3n) is 3.06. The van der Waals surface area contributed by atoms with Crippen LogP contribution in [0.15, 0.2) is 30.3 Å². The predicted molar refractivity (Wildman–Crippen MR) is 77.3 cm³/mol. The van der Waals surface area contributed by atoms with Crippen LogP contribution in [-0.2, 0) is 9.59 Å². The van der Waals surface area contributed by atoms with E-state index < -0.39 is 18.1 Å². The molecule has 0 spiro atoms. The number of likely N-dealkylation sites (N-methyl/N-ethyl adjacent to an activating group) is 1. The molecule has 5 heteroatoms. The summed E-state index contributed by atoms with van der Waals surface area (Å²) in [7, 11) is 3.32. The Balaban J connectivity index is 2.99. The molecule has 0 radical (unpaired) electrons. The van der Waals surface area contributed by atoms with Gasteiger partial charge in [0.05, 0.1) is 0 Å². The molecule has 0 aliphatic rings.